The monoisotopic (exact) mass is 303 g/mol. The minimum absolute atomic E-state index is 0.0333. The van der Waals surface area contributed by atoms with Gasteiger partial charge < -0.3 is 15.4 Å². The molecule has 0 fully saturated rings. The zero-order valence-corrected chi connectivity index (χ0v) is 11.9. The Morgan fingerprint density at radius 3 is 2.81 bits per heavy atom. The van der Waals surface area contributed by atoms with E-state index in [1.165, 1.54) is 6.33 Å². The fourth-order valence-corrected chi connectivity index (χ4v) is 2.32. The number of nitrogens with zero attached hydrogens (tertiary/aromatic N) is 3. The van der Waals surface area contributed by atoms with Gasteiger partial charge in [-0.2, -0.15) is 9.97 Å². The fraction of sp³-hybridized carbons (Fsp3) is 0.214. The summed E-state index contributed by atoms with van der Waals surface area (Å²) < 4.78 is 0. The first-order valence-corrected chi connectivity index (χ1v) is 6.92. The summed E-state index contributed by atoms with van der Waals surface area (Å²) in [7, 11) is 0. The van der Waals surface area contributed by atoms with Crippen molar-refractivity contribution < 1.29 is 5.11 Å². The van der Waals surface area contributed by atoms with Gasteiger partial charge in [0.15, 0.2) is 10.8 Å². The first-order valence-electron chi connectivity index (χ1n) is 6.54. The maximum absolute atomic E-state index is 9.52. The topological polar surface area (TPSA) is 86.7 Å². The standard InChI is InChI=1S/C14H14ClN5O/c15-12-11-13(17-8-16-11)20-14(19-12)18-10(7-21)6-9-4-2-1-3-5-9/h1-5,8,10,21H,6-7H2,(H2,16,17,18,19,20)/t10-/m0/s1. The number of H-pyrrole nitrogens is 1. The molecule has 0 bridgehead atoms. The third-order valence-corrected chi connectivity index (χ3v) is 3.39. The normalized spacial score (nSPS) is 12.5. The molecule has 3 aromatic rings. The predicted octanol–water partition coefficient (Wildman–Crippen LogP) is 2.02. The van der Waals surface area contributed by atoms with Gasteiger partial charge in [0.05, 0.1) is 19.0 Å². The summed E-state index contributed by atoms with van der Waals surface area (Å²) in [6, 6.07) is 9.71. The fourth-order valence-electron chi connectivity index (χ4n) is 2.10. The van der Waals surface area contributed by atoms with Gasteiger partial charge in [-0.1, -0.05) is 41.9 Å². The lowest BCUT2D eigenvalue weighted by molar-refractivity contribution is 0.273. The van der Waals surface area contributed by atoms with E-state index in [-0.39, 0.29) is 12.6 Å². The Morgan fingerprint density at radius 1 is 1.24 bits per heavy atom. The highest BCUT2D eigenvalue weighted by Gasteiger charge is 2.13. The molecule has 0 amide bonds. The van der Waals surface area contributed by atoms with Crippen molar-refractivity contribution in [3.05, 3.63) is 47.4 Å². The first kappa shape index (κ1) is 13.8. The Hall–Kier alpha value is -2.18. The quantitative estimate of drug-likeness (QED) is 0.628. The minimum atomic E-state index is -0.195. The Balaban J connectivity index is 1.79. The van der Waals surface area contributed by atoms with E-state index in [2.05, 4.69) is 25.3 Å². The van der Waals surface area contributed by atoms with Gasteiger partial charge in [0, 0.05) is 0 Å². The molecule has 0 aliphatic rings. The number of rotatable bonds is 5. The Morgan fingerprint density at radius 2 is 2.05 bits per heavy atom. The molecule has 108 valence electrons. The van der Waals surface area contributed by atoms with Crippen molar-refractivity contribution in [2.75, 3.05) is 11.9 Å². The lowest BCUT2D eigenvalue weighted by Gasteiger charge is -2.16. The average Bonchev–Trinajstić information content (AvgIpc) is 2.96. The van der Waals surface area contributed by atoms with Crippen LogP contribution in [-0.4, -0.2) is 37.7 Å². The Labute approximate surface area is 126 Å². The molecule has 6 nitrogen and oxygen atoms in total. The lowest BCUT2D eigenvalue weighted by Crippen LogP contribution is -2.27. The third kappa shape index (κ3) is 3.12. The molecular formula is C14H14ClN5O. The molecule has 0 radical (unpaired) electrons. The number of benzene rings is 1. The molecule has 0 saturated heterocycles. The summed E-state index contributed by atoms with van der Waals surface area (Å²) in [5.41, 5.74) is 2.22. The van der Waals surface area contributed by atoms with E-state index >= 15 is 0 Å². The number of fused-ring (bicyclic) bond motifs is 1. The maximum atomic E-state index is 9.52. The molecular weight excluding hydrogens is 290 g/mol. The maximum Gasteiger partial charge on any atom is 0.226 e. The van der Waals surface area contributed by atoms with E-state index in [1.807, 2.05) is 30.3 Å². The number of hydrogen-bond acceptors (Lipinski definition) is 5. The second-order valence-corrected chi connectivity index (χ2v) is 5.01. The SMILES string of the molecule is OC[C@H](Cc1ccccc1)Nc1nc(Cl)c2[nH]cnc2n1. The van der Waals surface area contributed by atoms with Crippen molar-refractivity contribution in [3.8, 4) is 0 Å². The number of aromatic nitrogens is 4. The van der Waals surface area contributed by atoms with E-state index in [0.29, 0.717) is 28.7 Å². The van der Waals surface area contributed by atoms with Crippen molar-refractivity contribution in [1.82, 2.24) is 19.9 Å². The van der Waals surface area contributed by atoms with Crippen molar-refractivity contribution in [3.63, 3.8) is 0 Å². The molecule has 3 N–H and O–H groups in total. The van der Waals surface area contributed by atoms with Crippen LogP contribution >= 0.6 is 11.6 Å². The second kappa shape index (κ2) is 6.07. The molecule has 1 aromatic carbocycles. The summed E-state index contributed by atoms with van der Waals surface area (Å²) in [6.07, 6.45) is 2.18. The molecule has 2 heterocycles. The van der Waals surface area contributed by atoms with Crippen molar-refractivity contribution in [2.45, 2.75) is 12.5 Å². The molecule has 0 aliphatic carbocycles. The molecule has 0 unspecified atom stereocenters. The number of imidazole rings is 1. The van der Waals surface area contributed by atoms with Crippen LogP contribution < -0.4 is 5.32 Å². The van der Waals surface area contributed by atoms with Gasteiger partial charge in [-0.05, 0) is 12.0 Å². The summed E-state index contributed by atoms with van der Waals surface area (Å²) in [5.74, 6) is 0.356. The smallest absolute Gasteiger partial charge is 0.226 e. The van der Waals surface area contributed by atoms with Gasteiger partial charge >= 0.3 is 0 Å². The van der Waals surface area contributed by atoms with Crippen LogP contribution in [0.15, 0.2) is 36.7 Å². The second-order valence-electron chi connectivity index (χ2n) is 4.65. The predicted molar refractivity (Wildman–Crippen MR) is 81.3 cm³/mol. The summed E-state index contributed by atoms with van der Waals surface area (Å²) in [5, 5.41) is 12.9. The largest absolute Gasteiger partial charge is 0.394 e. The van der Waals surface area contributed by atoms with Crippen molar-refractivity contribution in [2.24, 2.45) is 0 Å². The van der Waals surface area contributed by atoms with Gasteiger partial charge in [0.25, 0.3) is 0 Å². The van der Waals surface area contributed by atoms with Crippen LogP contribution in [0, 0.1) is 0 Å². The van der Waals surface area contributed by atoms with Crippen LogP contribution in [0.25, 0.3) is 11.2 Å². The van der Waals surface area contributed by atoms with Crippen LogP contribution in [0.1, 0.15) is 5.56 Å². The van der Waals surface area contributed by atoms with Crippen LogP contribution in [0.3, 0.4) is 0 Å². The van der Waals surface area contributed by atoms with Gasteiger partial charge in [0.2, 0.25) is 5.95 Å². The number of halogens is 1. The average molecular weight is 304 g/mol. The zero-order chi connectivity index (χ0) is 14.7. The number of anilines is 1. The van der Waals surface area contributed by atoms with Gasteiger partial charge in [0.1, 0.15) is 5.52 Å². The molecule has 2 aromatic heterocycles. The summed E-state index contributed by atoms with van der Waals surface area (Å²) >= 11 is 6.07. The minimum Gasteiger partial charge on any atom is -0.394 e. The van der Waals surface area contributed by atoms with E-state index < -0.39 is 0 Å². The number of hydrogen-bond donors (Lipinski definition) is 3. The highest BCUT2D eigenvalue weighted by Crippen LogP contribution is 2.19. The number of aliphatic hydroxyl groups excluding tert-OH is 1. The van der Waals surface area contributed by atoms with Crippen molar-refractivity contribution in [1.29, 1.82) is 0 Å². The third-order valence-electron chi connectivity index (χ3n) is 3.12. The molecule has 7 heteroatoms. The molecule has 0 aliphatic heterocycles. The van der Waals surface area contributed by atoms with Crippen LogP contribution in [-0.2, 0) is 6.42 Å². The molecule has 21 heavy (non-hydrogen) atoms. The number of aromatic amines is 1. The van der Waals surface area contributed by atoms with Crippen LogP contribution in [0.5, 0.6) is 0 Å². The van der Waals surface area contributed by atoms with E-state index in [0.717, 1.165) is 5.56 Å². The van der Waals surface area contributed by atoms with Gasteiger partial charge in [-0.15, -0.1) is 0 Å². The zero-order valence-electron chi connectivity index (χ0n) is 11.1. The Bertz CT molecular complexity index is 731. The Kier molecular flexibility index (Phi) is 3.98. The highest BCUT2D eigenvalue weighted by molar-refractivity contribution is 6.33. The summed E-state index contributed by atoms with van der Waals surface area (Å²) in [4.78, 5) is 15.4. The lowest BCUT2D eigenvalue weighted by atomic mass is 10.1. The number of aliphatic hydroxyl groups is 1. The molecule has 0 saturated carbocycles. The molecule has 1 atom stereocenters. The number of nitrogens with one attached hydrogen (secondary N) is 2. The van der Waals surface area contributed by atoms with Crippen molar-refractivity contribution >= 4 is 28.7 Å². The highest BCUT2D eigenvalue weighted by atomic mass is 35.5. The van der Waals surface area contributed by atoms with Gasteiger partial charge in [-0.25, -0.2) is 4.98 Å². The van der Waals surface area contributed by atoms with Crippen LogP contribution in [0.4, 0.5) is 5.95 Å². The van der Waals surface area contributed by atoms with Gasteiger partial charge in [-0.3, -0.25) is 0 Å². The van der Waals surface area contributed by atoms with E-state index in [9.17, 15) is 5.11 Å². The first-order chi connectivity index (χ1) is 10.3. The molecule has 0 spiro atoms. The molecule has 3 rings (SSSR count). The van der Waals surface area contributed by atoms with E-state index in [4.69, 9.17) is 11.6 Å². The van der Waals surface area contributed by atoms with Crippen LogP contribution in [0.2, 0.25) is 5.15 Å². The summed E-state index contributed by atoms with van der Waals surface area (Å²) in [6.45, 7) is -0.0333. The van der Waals surface area contributed by atoms with E-state index in [1.54, 1.807) is 0 Å².